The fraction of sp³-hybridized carbons (Fsp3) is 0.464. The monoisotopic (exact) mass is 404 g/mol. The van der Waals surface area contributed by atoms with Gasteiger partial charge in [-0.25, -0.2) is 0 Å². The number of hydrogen-bond acceptors (Lipinski definition) is 2. The quantitative estimate of drug-likeness (QED) is 0.369. The van der Waals surface area contributed by atoms with Crippen molar-refractivity contribution in [1.29, 1.82) is 0 Å². The lowest BCUT2D eigenvalue weighted by molar-refractivity contribution is -0.131. The van der Waals surface area contributed by atoms with Crippen LogP contribution in [0.5, 0.6) is 0 Å². The normalized spacial score (nSPS) is 22.4. The molecule has 3 rings (SSSR count). The second-order valence-corrected chi connectivity index (χ2v) is 9.00. The Labute approximate surface area is 182 Å². The predicted molar refractivity (Wildman–Crippen MR) is 124 cm³/mol. The van der Waals surface area contributed by atoms with Gasteiger partial charge in [-0.1, -0.05) is 73.7 Å². The second kappa shape index (κ2) is 11.3. The number of carbonyl (C=O) groups is 1. The summed E-state index contributed by atoms with van der Waals surface area (Å²) >= 11 is 0. The lowest BCUT2D eigenvalue weighted by atomic mass is 9.70. The third-order valence-corrected chi connectivity index (χ3v) is 6.72. The molecular weight excluding hydrogens is 368 g/mol. The molecule has 0 aliphatic heterocycles. The summed E-state index contributed by atoms with van der Waals surface area (Å²) in [4.78, 5) is 13.0. The van der Waals surface area contributed by atoms with Gasteiger partial charge in [0.25, 0.3) is 0 Å². The van der Waals surface area contributed by atoms with E-state index in [1.165, 1.54) is 11.1 Å². The Kier molecular flexibility index (Phi) is 8.45. The van der Waals surface area contributed by atoms with Gasteiger partial charge in [0.2, 0.25) is 0 Å². The van der Waals surface area contributed by atoms with Gasteiger partial charge in [0, 0.05) is 11.8 Å². The molecule has 0 aromatic heterocycles. The zero-order valence-corrected chi connectivity index (χ0v) is 18.4. The predicted octanol–water partition coefficient (Wildman–Crippen LogP) is 7.25. The van der Waals surface area contributed by atoms with Crippen LogP contribution in [-0.4, -0.2) is 11.9 Å². The summed E-state index contributed by atoms with van der Waals surface area (Å²) in [5, 5.41) is 0. The minimum Gasteiger partial charge on any atom is -0.374 e. The number of allylic oxidation sites excluding steroid dienone is 1. The van der Waals surface area contributed by atoms with Gasteiger partial charge >= 0.3 is 0 Å². The van der Waals surface area contributed by atoms with Crippen LogP contribution >= 0.6 is 0 Å². The summed E-state index contributed by atoms with van der Waals surface area (Å²) < 4.78 is 6.11. The molecule has 2 heteroatoms. The molecule has 0 N–H and O–H groups in total. The van der Waals surface area contributed by atoms with E-state index in [0.717, 1.165) is 44.9 Å². The molecule has 160 valence electrons. The molecule has 1 fully saturated rings. The first-order valence-electron chi connectivity index (χ1n) is 11.5. The summed E-state index contributed by atoms with van der Waals surface area (Å²) in [6, 6.07) is 20.9. The van der Waals surface area contributed by atoms with Gasteiger partial charge < -0.3 is 4.74 Å². The minimum absolute atomic E-state index is 0.173. The topological polar surface area (TPSA) is 26.3 Å². The average Bonchev–Trinajstić information content (AvgIpc) is 2.79. The van der Waals surface area contributed by atoms with Crippen LogP contribution in [0.15, 0.2) is 73.3 Å². The summed E-state index contributed by atoms with van der Waals surface area (Å²) in [5.41, 5.74) is 2.40. The molecule has 1 aliphatic rings. The van der Waals surface area contributed by atoms with E-state index < -0.39 is 0 Å². The third-order valence-electron chi connectivity index (χ3n) is 6.72. The molecule has 0 heterocycles. The van der Waals surface area contributed by atoms with Crippen LogP contribution in [0.4, 0.5) is 0 Å². The standard InChI is InChI=1S/C28H36O2/c1-3-11-24(25-14-8-5-9-15-25)16-10-17-27(29)28(2)20-18-26(19-21-28)30-22-23-12-6-4-7-13-23/h3-9,12-15,24,26H,1,10-11,16-22H2,2H3/t24-,26?,28?/m1/s1. The number of Topliss-reactive ketones (excluding diaryl/α,β-unsaturated/α-hetero) is 1. The summed E-state index contributed by atoms with van der Waals surface area (Å²) in [5.74, 6) is 0.904. The molecule has 30 heavy (non-hydrogen) atoms. The molecule has 2 nitrogen and oxygen atoms in total. The Morgan fingerprint density at radius 2 is 1.73 bits per heavy atom. The van der Waals surface area contributed by atoms with Crippen LogP contribution in [0.1, 0.15) is 75.3 Å². The molecule has 0 saturated heterocycles. The van der Waals surface area contributed by atoms with Crippen molar-refractivity contribution in [2.45, 2.75) is 76.9 Å². The highest BCUT2D eigenvalue weighted by molar-refractivity contribution is 5.84. The Morgan fingerprint density at radius 3 is 2.37 bits per heavy atom. The van der Waals surface area contributed by atoms with E-state index in [1.807, 2.05) is 24.3 Å². The van der Waals surface area contributed by atoms with Crippen molar-refractivity contribution in [1.82, 2.24) is 0 Å². The van der Waals surface area contributed by atoms with Gasteiger partial charge in [-0.2, -0.15) is 0 Å². The Hall–Kier alpha value is -2.19. The maximum Gasteiger partial charge on any atom is 0.138 e. The van der Waals surface area contributed by atoms with Crippen LogP contribution in [0.3, 0.4) is 0 Å². The Bertz CT molecular complexity index is 773. The fourth-order valence-corrected chi connectivity index (χ4v) is 4.62. The first-order valence-corrected chi connectivity index (χ1v) is 11.5. The highest BCUT2D eigenvalue weighted by Gasteiger charge is 2.37. The zero-order valence-electron chi connectivity index (χ0n) is 18.4. The first-order chi connectivity index (χ1) is 14.6. The number of ether oxygens (including phenoxy) is 1. The SMILES string of the molecule is C=CC[C@H](CCCC(=O)C1(C)CCC(OCc2ccccc2)CC1)c1ccccc1. The van der Waals surface area contributed by atoms with E-state index in [2.05, 4.69) is 56.0 Å². The summed E-state index contributed by atoms with van der Waals surface area (Å²) in [7, 11) is 0. The van der Waals surface area contributed by atoms with Crippen molar-refractivity contribution in [3.8, 4) is 0 Å². The van der Waals surface area contributed by atoms with E-state index in [9.17, 15) is 4.79 Å². The van der Waals surface area contributed by atoms with Crippen molar-refractivity contribution >= 4 is 5.78 Å². The van der Waals surface area contributed by atoms with Gasteiger partial charge in [-0.3, -0.25) is 4.79 Å². The molecule has 2 aromatic carbocycles. The van der Waals surface area contributed by atoms with Crippen molar-refractivity contribution in [3.63, 3.8) is 0 Å². The van der Waals surface area contributed by atoms with Gasteiger partial charge in [-0.15, -0.1) is 6.58 Å². The van der Waals surface area contributed by atoms with Crippen molar-refractivity contribution in [2.24, 2.45) is 5.41 Å². The molecule has 1 atom stereocenters. The molecule has 2 aromatic rings. The third kappa shape index (κ3) is 6.40. The van der Waals surface area contributed by atoms with Crippen molar-refractivity contribution in [2.75, 3.05) is 0 Å². The molecule has 0 radical (unpaired) electrons. The number of hydrogen-bond donors (Lipinski definition) is 0. The van der Waals surface area contributed by atoms with E-state index in [4.69, 9.17) is 4.74 Å². The van der Waals surface area contributed by atoms with Crippen LogP contribution in [0.25, 0.3) is 0 Å². The maximum absolute atomic E-state index is 13.0. The van der Waals surface area contributed by atoms with Gasteiger partial charge in [0.15, 0.2) is 0 Å². The maximum atomic E-state index is 13.0. The molecule has 1 saturated carbocycles. The minimum atomic E-state index is -0.173. The van der Waals surface area contributed by atoms with E-state index in [-0.39, 0.29) is 11.5 Å². The zero-order chi connectivity index (χ0) is 21.2. The average molecular weight is 405 g/mol. The van der Waals surface area contributed by atoms with Crippen molar-refractivity contribution < 1.29 is 9.53 Å². The van der Waals surface area contributed by atoms with Gasteiger partial charge in [-0.05, 0) is 62.0 Å². The molecule has 0 unspecified atom stereocenters. The van der Waals surface area contributed by atoms with Crippen LogP contribution < -0.4 is 0 Å². The largest absolute Gasteiger partial charge is 0.374 e. The lowest BCUT2D eigenvalue weighted by Gasteiger charge is -2.36. The summed E-state index contributed by atoms with van der Waals surface area (Å²) in [6.07, 6.45) is 9.79. The number of rotatable bonds is 11. The summed E-state index contributed by atoms with van der Waals surface area (Å²) in [6.45, 7) is 6.75. The fourth-order valence-electron chi connectivity index (χ4n) is 4.62. The van der Waals surface area contributed by atoms with E-state index >= 15 is 0 Å². The highest BCUT2D eigenvalue weighted by Crippen LogP contribution is 2.39. The number of carbonyl (C=O) groups excluding carboxylic acids is 1. The Balaban J connectivity index is 1.42. The number of benzene rings is 2. The van der Waals surface area contributed by atoms with Gasteiger partial charge in [0.1, 0.15) is 5.78 Å². The smallest absolute Gasteiger partial charge is 0.138 e. The van der Waals surface area contributed by atoms with E-state index in [1.54, 1.807) is 0 Å². The number of ketones is 1. The van der Waals surface area contributed by atoms with Crippen LogP contribution in [0.2, 0.25) is 0 Å². The lowest BCUT2D eigenvalue weighted by Crippen LogP contribution is -2.35. The van der Waals surface area contributed by atoms with Crippen LogP contribution in [0, 0.1) is 5.41 Å². The molecule has 0 amide bonds. The second-order valence-electron chi connectivity index (χ2n) is 9.00. The van der Waals surface area contributed by atoms with E-state index in [0.29, 0.717) is 24.7 Å². The van der Waals surface area contributed by atoms with Crippen molar-refractivity contribution in [3.05, 3.63) is 84.4 Å². The molecular formula is C28H36O2. The molecule has 0 spiro atoms. The highest BCUT2D eigenvalue weighted by atomic mass is 16.5. The first kappa shape index (κ1) is 22.5. The Morgan fingerprint density at radius 1 is 1.10 bits per heavy atom. The molecule has 1 aliphatic carbocycles. The van der Waals surface area contributed by atoms with Gasteiger partial charge in [0.05, 0.1) is 12.7 Å². The molecule has 0 bridgehead atoms. The van der Waals surface area contributed by atoms with Crippen LogP contribution in [-0.2, 0) is 16.1 Å².